The first-order chi connectivity index (χ1) is 15.3. The minimum absolute atomic E-state index is 0.0353. The zero-order valence-corrected chi connectivity index (χ0v) is 19.8. The van der Waals surface area contributed by atoms with Gasteiger partial charge in [-0.05, 0) is 54.8 Å². The van der Waals surface area contributed by atoms with Gasteiger partial charge in [0.25, 0.3) is 5.69 Å². The van der Waals surface area contributed by atoms with E-state index >= 15 is 0 Å². The molecule has 1 saturated carbocycles. The summed E-state index contributed by atoms with van der Waals surface area (Å²) in [6, 6.07) is 11.9. The second kappa shape index (κ2) is 9.11. The summed E-state index contributed by atoms with van der Waals surface area (Å²) in [5, 5.41) is 10.7. The number of hydrogen-bond donors (Lipinski definition) is 0. The van der Waals surface area contributed by atoms with Crippen LogP contribution in [0.5, 0.6) is 0 Å². The number of carbonyl (C=O) groups excluding carboxylic acids is 3. The number of anilines is 1. The van der Waals surface area contributed by atoms with E-state index in [-0.39, 0.29) is 51.2 Å². The number of amides is 2. The lowest BCUT2D eigenvalue weighted by Gasteiger charge is -2.29. The van der Waals surface area contributed by atoms with Gasteiger partial charge in [-0.1, -0.05) is 31.9 Å². The molecule has 8 nitrogen and oxygen atoms in total. The number of carbonyl (C=O) groups is 3. The van der Waals surface area contributed by atoms with Crippen LogP contribution >= 0.6 is 31.9 Å². The Labute approximate surface area is 200 Å². The monoisotopic (exact) mass is 564 g/mol. The van der Waals surface area contributed by atoms with Crippen molar-refractivity contribution in [1.82, 2.24) is 0 Å². The van der Waals surface area contributed by atoms with Crippen LogP contribution in [0.1, 0.15) is 28.8 Å². The maximum Gasteiger partial charge on any atom is 0.338 e. The average Bonchev–Trinajstić information content (AvgIpc) is 3.02. The maximum atomic E-state index is 12.9. The van der Waals surface area contributed by atoms with E-state index in [0.717, 1.165) is 0 Å². The quantitative estimate of drug-likeness (QED) is 0.175. The van der Waals surface area contributed by atoms with E-state index in [1.54, 1.807) is 12.1 Å². The zero-order chi connectivity index (χ0) is 23.0. The lowest BCUT2D eigenvalue weighted by Crippen LogP contribution is -2.34. The number of hydrogen-bond acceptors (Lipinski definition) is 6. The van der Waals surface area contributed by atoms with Crippen LogP contribution in [0.2, 0.25) is 0 Å². The van der Waals surface area contributed by atoms with Gasteiger partial charge in [0.2, 0.25) is 11.8 Å². The minimum atomic E-state index is -0.577. The number of ether oxygens (including phenoxy) is 1. The van der Waals surface area contributed by atoms with E-state index in [1.165, 1.54) is 41.3 Å². The Morgan fingerprint density at radius 3 is 2.00 bits per heavy atom. The summed E-state index contributed by atoms with van der Waals surface area (Å²) in [5.74, 6) is -1.68. The largest absolute Gasteiger partial charge is 0.457 e. The van der Waals surface area contributed by atoms with Crippen molar-refractivity contribution in [2.45, 2.75) is 29.1 Å². The molecule has 0 bridgehead atoms. The van der Waals surface area contributed by atoms with Crippen molar-refractivity contribution < 1.29 is 24.0 Å². The molecule has 32 heavy (non-hydrogen) atoms. The number of benzene rings is 2. The SMILES string of the molecule is O=C(OCc1ccc([N+](=O)[O-])cc1)c1ccc(N2C(=O)[C@H]3C[C@H](Br)[C@@H](Br)C[C@H]3C2=O)cc1. The number of fused-ring (bicyclic) bond motifs is 1. The molecule has 166 valence electrons. The highest BCUT2D eigenvalue weighted by molar-refractivity contribution is 9.12. The number of non-ortho nitro benzene ring substituents is 1. The Bertz CT molecular complexity index is 1040. The maximum absolute atomic E-state index is 12.9. The highest BCUT2D eigenvalue weighted by atomic mass is 79.9. The fraction of sp³-hybridized carbons (Fsp3) is 0.318. The van der Waals surface area contributed by atoms with Crippen LogP contribution in [0, 0.1) is 22.0 Å². The van der Waals surface area contributed by atoms with Gasteiger partial charge in [0.1, 0.15) is 6.61 Å². The molecule has 4 atom stereocenters. The van der Waals surface area contributed by atoms with Crippen molar-refractivity contribution in [3.8, 4) is 0 Å². The molecular formula is C22H18Br2N2O6. The number of halogens is 2. The van der Waals surface area contributed by atoms with Crippen molar-refractivity contribution in [3.05, 3.63) is 69.8 Å². The van der Waals surface area contributed by atoms with Crippen molar-refractivity contribution in [2.24, 2.45) is 11.8 Å². The molecule has 1 heterocycles. The van der Waals surface area contributed by atoms with Crippen LogP contribution in [-0.4, -0.2) is 32.4 Å². The van der Waals surface area contributed by atoms with Crippen LogP contribution in [-0.2, 0) is 20.9 Å². The summed E-state index contributed by atoms with van der Waals surface area (Å²) in [6.45, 7) is -0.0353. The second-order valence-electron chi connectivity index (χ2n) is 7.77. The van der Waals surface area contributed by atoms with Gasteiger partial charge in [-0.25, -0.2) is 4.79 Å². The van der Waals surface area contributed by atoms with Crippen molar-refractivity contribution in [3.63, 3.8) is 0 Å². The molecule has 0 radical (unpaired) electrons. The molecule has 0 spiro atoms. The molecule has 2 aromatic carbocycles. The standard InChI is InChI=1S/C22H18Br2N2O6/c23-18-9-16-17(10-19(18)24)21(28)25(20(16)27)14-7-3-13(4-8-14)22(29)32-11-12-1-5-15(6-2-12)26(30)31/h1-8,16-19H,9-11H2/t16-,17+,18-,19-/m0/s1. The van der Waals surface area contributed by atoms with Crippen molar-refractivity contribution in [2.75, 3.05) is 4.90 Å². The van der Waals surface area contributed by atoms with E-state index in [2.05, 4.69) is 31.9 Å². The molecule has 0 aromatic heterocycles. The summed E-state index contributed by atoms with van der Waals surface area (Å²) in [4.78, 5) is 49.8. The van der Waals surface area contributed by atoms with Crippen LogP contribution in [0.4, 0.5) is 11.4 Å². The van der Waals surface area contributed by atoms with Crippen molar-refractivity contribution in [1.29, 1.82) is 0 Å². The summed E-state index contributed by atoms with van der Waals surface area (Å²) >= 11 is 7.14. The molecule has 1 aliphatic heterocycles. The summed E-state index contributed by atoms with van der Waals surface area (Å²) in [5.41, 5.74) is 1.28. The van der Waals surface area contributed by atoms with Gasteiger partial charge in [0, 0.05) is 21.8 Å². The summed E-state index contributed by atoms with van der Waals surface area (Å²) in [7, 11) is 0. The van der Waals surface area contributed by atoms with Gasteiger partial charge in [-0.2, -0.15) is 0 Å². The molecule has 2 aromatic rings. The number of imide groups is 1. The fourth-order valence-corrected chi connectivity index (χ4v) is 5.28. The average molecular weight is 566 g/mol. The van der Waals surface area contributed by atoms with E-state index in [0.29, 0.717) is 24.1 Å². The third-order valence-electron chi connectivity index (χ3n) is 5.79. The molecule has 2 fully saturated rings. The predicted octanol–water partition coefficient (Wildman–Crippen LogP) is 4.38. The normalized spacial score (nSPS) is 24.9. The molecule has 0 unspecified atom stereocenters. The number of esters is 1. The topological polar surface area (TPSA) is 107 Å². The molecule has 10 heteroatoms. The molecule has 1 saturated heterocycles. The van der Waals surface area contributed by atoms with Crippen LogP contribution in [0.15, 0.2) is 48.5 Å². The first-order valence-electron chi connectivity index (χ1n) is 9.92. The first kappa shape index (κ1) is 22.6. The Morgan fingerprint density at radius 1 is 0.969 bits per heavy atom. The van der Waals surface area contributed by atoms with Gasteiger partial charge in [0.05, 0.1) is 28.0 Å². The van der Waals surface area contributed by atoms with Gasteiger partial charge in [-0.3, -0.25) is 24.6 Å². The Kier molecular flexibility index (Phi) is 6.43. The Morgan fingerprint density at radius 2 is 1.50 bits per heavy atom. The second-order valence-corrected chi connectivity index (χ2v) is 10.1. The van der Waals surface area contributed by atoms with Crippen molar-refractivity contribution >= 4 is 61.0 Å². The molecular weight excluding hydrogens is 548 g/mol. The highest BCUT2D eigenvalue weighted by Gasteiger charge is 2.52. The third kappa shape index (κ3) is 4.33. The fourth-order valence-electron chi connectivity index (χ4n) is 4.04. The van der Waals surface area contributed by atoms with Gasteiger partial charge in [-0.15, -0.1) is 0 Å². The zero-order valence-electron chi connectivity index (χ0n) is 16.6. The molecule has 4 rings (SSSR count). The number of nitro benzene ring substituents is 1. The number of nitro groups is 1. The molecule has 2 amide bonds. The van der Waals surface area contributed by atoms with Crippen LogP contribution < -0.4 is 4.90 Å². The molecule has 0 N–H and O–H groups in total. The van der Waals surface area contributed by atoms with Gasteiger partial charge < -0.3 is 4.74 Å². The van der Waals surface area contributed by atoms with Gasteiger partial charge in [0.15, 0.2) is 0 Å². The lowest BCUT2D eigenvalue weighted by atomic mass is 9.81. The third-order valence-corrected chi connectivity index (χ3v) is 8.52. The van der Waals surface area contributed by atoms with E-state index in [1.807, 2.05) is 0 Å². The smallest absolute Gasteiger partial charge is 0.338 e. The Balaban J connectivity index is 1.41. The lowest BCUT2D eigenvalue weighted by molar-refractivity contribution is -0.384. The first-order valence-corrected chi connectivity index (χ1v) is 11.8. The molecule has 1 aliphatic carbocycles. The van der Waals surface area contributed by atoms with E-state index in [9.17, 15) is 24.5 Å². The number of rotatable bonds is 5. The van der Waals surface area contributed by atoms with E-state index < -0.39 is 10.9 Å². The summed E-state index contributed by atoms with van der Waals surface area (Å²) < 4.78 is 5.26. The van der Waals surface area contributed by atoms with Crippen LogP contribution in [0.25, 0.3) is 0 Å². The summed E-state index contributed by atoms with van der Waals surface area (Å²) in [6.07, 6.45) is 1.18. The number of alkyl halides is 2. The Hall–Kier alpha value is -2.59. The number of nitrogens with zero attached hydrogens (tertiary/aromatic N) is 2. The van der Waals surface area contributed by atoms with Gasteiger partial charge >= 0.3 is 5.97 Å². The van der Waals surface area contributed by atoms with Crippen LogP contribution in [0.3, 0.4) is 0 Å². The molecule has 2 aliphatic rings. The highest BCUT2D eigenvalue weighted by Crippen LogP contribution is 2.44. The predicted molar refractivity (Wildman–Crippen MR) is 123 cm³/mol. The minimum Gasteiger partial charge on any atom is -0.457 e. The van der Waals surface area contributed by atoms with E-state index in [4.69, 9.17) is 4.74 Å².